The SMILES string of the molecule is COCCOc1ccccc1CNCCO. The van der Waals surface area contributed by atoms with Gasteiger partial charge in [-0.15, -0.1) is 0 Å². The Morgan fingerprint density at radius 2 is 2.06 bits per heavy atom. The van der Waals surface area contributed by atoms with E-state index in [-0.39, 0.29) is 6.61 Å². The first kappa shape index (κ1) is 13.0. The monoisotopic (exact) mass is 225 g/mol. The molecule has 0 bridgehead atoms. The molecule has 16 heavy (non-hydrogen) atoms. The topological polar surface area (TPSA) is 50.7 Å². The molecule has 0 amide bonds. The third kappa shape index (κ3) is 4.61. The summed E-state index contributed by atoms with van der Waals surface area (Å²) >= 11 is 0. The first-order chi connectivity index (χ1) is 7.88. The number of benzene rings is 1. The van der Waals surface area contributed by atoms with Crippen molar-refractivity contribution in [1.82, 2.24) is 5.32 Å². The lowest BCUT2D eigenvalue weighted by atomic mass is 10.2. The van der Waals surface area contributed by atoms with Gasteiger partial charge in [0, 0.05) is 25.8 Å². The van der Waals surface area contributed by atoms with Crippen LogP contribution in [0.2, 0.25) is 0 Å². The van der Waals surface area contributed by atoms with Crippen molar-refractivity contribution in [2.75, 3.05) is 33.5 Å². The Morgan fingerprint density at radius 3 is 2.81 bits per heavy atom. The Labute approximate surface area is 96.2 Å². The summed E-state index contributed by atoms with van der Waals surface area (Å²) in [5.41, 5.74) is 1.09. The van der Waals surface area contributed by atoms with E-state index < -0.39 is 0 Å². The molecule has 1 rings (SSSR count). The zero-order valence-electron chi connectivity index (χ0n) is 9.61. The van der Waals surface area contributed by atoms with Crippen LogP contribution in [0.15, 0.2) is 24.3 Å². The number of para-hydroxylation sites is 1. The van der Waals surface area contributed by atoms with Crippen LogP contribution in [0.5, 0.6) is 5.75 Å². The molecule has 0 aliphatic rings. The van der Waals surface area contributed by atoms with E-state index in [0.29, 0.717) is 26.3 Å². The maximum atomic E-state index is 8.68. The summed E-state index contributed by atoms with van der Waals surface area (Å²) < 4.78 is 10.5. The van der Waals surface area contributed by atoms with Crippen molar-refractivity contribution >= 4 is 0 Å². The average molecular weight is 225 g/mol. The number of rotatable bonds is 8. The van der Waals surface area contributed by atoms with Crippen molar-refractivity contribution in [2.45, 2.75) is 6.54 Å². The van der Waals surface area contributed by atoms with Gasteiger partial charge in [-0.1, -0.05) is 18.2 Å². The van der Waals surface area contributed by atoms with Gasteiger partial charge in [-0.25, -0.2) is 0 Å². The van der Waals surface area contributed by atoms with Gasteiger partial charge >= 0.3 is 0 Å². The van der Waals surface area contributed by atoms with Gasteiger partial charge in [-0.05, 0) is 6.07 Å². The molecule has 0 aliphatic carbocycles. The van der Waals surface area contributed by atoms with Gasteiger partial charge in [0.1, 0.15) is 12.4 Å². The molecule has 0 aliphatic heterocycles. The highest BCUT2D eigenvalue weighted by Gasteiger charge is 2.01. The lowest BCUT2D eigenvalue weighted by Gasteiger charge is -2.11. The standard InChI is InChI=1S/C12H19NO3/c1-15-8-9-16-12-5-3-2-4-11(12)10-13-6-7-14/h2-5,13-14H,6-10H2,1H3. The van der Waals surface area contributed by atoms with Gasteiger partial charge in [0.25, 0.3) is 0 Å². The predicted octanol–water partition coefficient (Wildman–Crippen LogP) is 0.794. The molecule has 4 nitrogen and oxygen atoms in total. The van der Waals surface area contributed by atoms with Crippen molar-refractivity contribution in [1.29, 1.82) is 0 Å². The number of ether oxygens (including phenoxy) is 2. The molecular formula is C12H19NO3. The molecule has 0 saturated carbocycles. The van der Waals surface area contributed by atoms with Crippen LogP contribution >= 0.6 is 0 Å². The Bertz CT molecular complexity index is 262. The van der Waals surface area contributed by atoms with Crippen molar-refractivity contribution in [3.8, 4) is 5.75 Å². The van der Waals surface area contributed by atoms with Gasteiger partial charge < -0.3 is 19.9 Å². The minimum absolute atomic E-state index is 0.146. The second-order valence-electron chi connectivity index (χ2n) is 3.35. The second kappa shape index (κ2) is 8.10. The molecule has 2 N–H and O–H groups in total. The van der Waals surface area contributed by atoms with Gasteiger partial charge in [-0.2, -0.15) is 0 Å². The molecule has 0 unspecified atom stereocenters. The number of nitrogens with one attached hydrogen (secondary N) is 1. The smallest absolute Gasteiger partial charge is 0.123 e. The largest absolute Gasteiger partial charge is 0.491 e. The summed E-state index contributed by atoms with van der Waals surface area (Å²) in [7, 11) is 1.65. The van der Waals surface area contributed by atoms with Gasteiger partial charge in [-0.3, -0.25) is 0 Å². The number of hydrogen-bond donors (Lipinski definition) is 2. The maximum Gasteiger partial charge on any atom is 0.123 e. The summed E-state index contributed by atoms with van der Waals surface area (Å²) in [6, 6.07) is 7.86. The number of aliphatic hydroxyl groups excluding tert-OH is 1. The molecule has 1 aromatic carbocycles. The highest BCUT2D eigenvalue weighted by atomic mass is 16.5. The highest BCUT2D eigenvalue weighted by Crippen LogP contribution is 2.17. The Morgan fingerprint density at radius 1 is 1.25 bits per heavy atom. The van der Waals surface area contributed by atoms with E-state index in [1.807, 2.05) is 24.3 Å². The molecule has 0 saturated heterocycles. The van der Waals surface area contributed by atoms with E-state index in [2.05, 4.69) is 5.32 Å². The predicted molar refractivity (Wildman–Crippen MR) is 62.6 cm³/mol. The van der Waals surface area contributed by atoms with Crippen LogP contribution < -0.4 is 10.1 Å². The number of aliphatic hydroxyl groups is 1. The molecule has 0 fully saturated rings. The van der Waals surface area contributed by atoms with E-state index in [1.54, 1.807) is 7.11 Å². The van der Waals surface area contributed by atoms with Crippen LogP contribution in [0.1, 0.15) is 5.56 Å². The lowest BCUT2D eigenvalue weighted by Crippen LogP contribution is -2.18. The molecule has 4 heteroatoms. The normalized spacial score (nSPS) is 10.4. The van der Waals surface area contributed by atoms with Crippen molar-refractivity contribution in [2.24, 2.45) is 0 Å². The fourth-order valence-corrected chi connectivity index (χ4v) is 1.33. The Hall–Kier alpha value is -1.10. The van der Waals surface area contributed by atoms with Crippen molar-refractivity contribution < 1.29 is 14.6 Å². The van der Waals surface area contributed by atoms with Crippen LogP contribution in [-0.2, 0) is 11.3 Å². The van der Waals surface area contributed by atoms with Gasteiger partial charge in [0.2, 0.25) is 0 Å². The zero-order chi connectivity index (χ0) is 11.6. The second-order valence-corrected chi connectivity index (χ2v) is 3.35. The number of methoxy groups -OCH3 is 1. The van der Waals surface area contributed by atoms with E-state index in [0.717, 1.165) is 11.3 Å². The van der Waals surface area contributed by atoms with E-state index in [1.165, 1.54) is 0 Å². The first-order valence-corrected chi connectivity index (χ1v) is 5.39. The third-order valence-corrected chi connectivity index (χ3v) is 2.12. The van der Waals surface area contributed by atoms with Crippen LogP contribution in [0, 0.1) is 0 Å². The first-order valence-electron chi connectivity index (χ1n) is 5.39. The fraction of sp³-hybridized carbons (Fsp3) is 0.500. The molecule has 0 aromatic heterocycles. The summed E-state index contributed by atoms with van der Waals surface area (Å²) in [6.07, 6.45) is 0. The zero-order valence-corrected chi connectivity index (χ0v) is 9.61. The van der Waals surface area contributed by atoms with E-state index in [4.69, 9.17) is 14.6 Å². The van der Waals surface area contributed by atoms with E-state index >= 15 is 0 Å². The van der Waals surface area contributed by atoms with Crippen LogP contribution in [-0.4, -0.2) is 38.6 Å². The lowest BCUT2D eigenvalue weighted by molar-refractivity contribution is 0.145. The minimum atomic E-state index is 0.146. The molecule has 0 heterocycles. The summed E-state index contributed by atoms with van der Waals surface area (Å²) in [5.74, 6) is 0.866. The molecule has 0 spiro atoms. The van der Waals surface area contributed by atoms with Gasteiger partial charge in [0.15, 0.2) is 0 Å². The number of hydrogen-bond acceptors (Lipinski definition) is 4. The Balaban J connectivity index is 2.46. The maximum absolute atomic E-state index is 8.68. The summed E-state index contributed by atoms with van der Waals surface area (Å²) in [5, 5.41) is 11.8. The fourth-order valence-electron chi connectivity index (χ4n) is 1.33. The molecular weight excluding hydrogens is 206 g/mol. The quantitative estimate of drug-likeness (QED) is 0.642. The molecule has 1 aromatic rings. The summed E-state index contributed by atoms with van der Waals surface area (Å²) in [6.45, 7) is 2.56. The van der Waals surface area contributed by atoms with Gasteiger partial charge in [0.05, 0.1) is 13.2 Å². The van der Waals surface area contributed by atoms with Crippen LogP contribution in [0.3, 0.4) is 0 Å². The van der Waals surface area contributed by atoms with Crippen LogP contribution in [0.25, 0.3) is 0 Å². The molecule has 0 atom stereocenters. The molecule has 90 valence electrons. The van der Waals surface area contributed by atoms with E-state index in [9.17, 15) is 0 Å². The van der Waals surface area contributed by atoms with Crippen molar-refractivity contribution in [3.05, 3.63) is 29.8 Å². The average Bonchev–Trinajstić information content (AvgIpc) is 2.32. The van der Waals surface area contributed by atoms with Crippen molar-refractivity contribution in [3.63, 3.8) is 0 Å². The summed E-state index contributed by atoms with van der Waals surface area (Å²) in [4.78, 5) is 0. The minimum Gasteiger partial charge on any atom is -0.491 e. The highest BCUT2D eigenvalue weighted by molar-refractivity contribution is 5.33. The van der Waals surface area contributed by atoms with Crippen LogP contribution in [0.4, 0.5) is 0 Å². The Kier molecular flexibility index (Phi) is 6.56. The third-order valence-electron chi connectivity index (χ3n) is 2.12. The molecule has 0 radical (unpaired) electrons.